The van der Waals surface area contributed by atoms with E-state index < -0.39 is 77.6 Å². The van der Waals surface area contributed by atoms with Gasteiger partial charge in [-0.1, -0.05) is 136 Å². The monoisotopic (exact) mass is 1150 g/mol. The smallest absolute Gasteiger partial charge is 0.0654 e. The van der Waals surface area contributed by atoms with Crippen molar-refractivity contribution in [2.45, 2.75) is 327 Å². The topological polar surface area (TPSA) is 200 Å². The summed E-state index contributed by atoms with van der Waals surface area (Å²) in [6, 6.07) is 0. The summed E-state index contributed by atoms with van der Waals surface area (Å²) in [5, 5.41) is 63.8. The summed E-state index contributed by atoms with van der Waals surface area (Å²) < 4.78 is 15.3. The van der Waals surface area contributed by atoms with Crippen molar-refractivity contribution in [1.29, 1.82) is 0 Å². The van der Waals surface area contributed by atoms with Gasteiger partial charge < -0.3 is 0 Å². The third-order valence-electron chi connectivity index (χ3n) is 13.1. The summed E-state index contributed by atoms with van der Waals surface area (Å²) in [5.41, 5.74) is 0. The molecule has 67 heavy (non-hydrogen) atoms. The van der Waals surface area contributed by atoms with Gasteiger partial charge in [0.2, 0.25) is 0 Å². The Hall–Kier alpha value is -0.947. The van der Waals surface area contributed by atoms with Gasteiger partial charge in [-0.15, -0.1) is 0 Å². The van der Waals surface area contributed by atoms with E-state index in [1.807, 2.05) is 0 Å². The van der Waals surface area contributed by atoms with Gasteiger partial charge in [0.05, 0.1) is 0 Å². The molecule has 0 fully saturated rings. The van der Waals surface area contributed by atoms with E-state index in [9.17, 15) is 45.0 Å². The van der Waals surface area contributed by atoms with Crippen LogP contribution in [0.15, 0.2) is 0 Å². The molecule has 0 heterocycles. The number of rotatable bonds is 51. The van der Waals surface area contributed by atoms with Crippen LogP contribution >= 0.6 is 0 Å². The predicted octanol–water partition coefficient (Wildman–Crippen LogP) is 13.3. The van der Waals surface area contributed by atoms with Gasteiger partial charge in [-0.25, -0.2) is 0 Å². The maximum absolute atomic E-state index is 13.0. The molecule has 0 spiro atoms. The van der Waals surface area contributed by atoms with E-state index in [1.165, 1.54) is 154 Å². The quantitative estimate of drug-likeness (QED) is 0.0192. The molecule has 12 nitrogen and oxygen atoms in total. The summed E-state index contributed by atoms with van der Waals surface area (Å²) >= 11 is -5.28. The summed E-state index contributed by atoms with van der Waals surface area (Å²) in [4.78, 5) is 39.1. The molecule has 0 aliphatic carbocycles. The van der Waals surface area contributed by atoms with Gasteiger partial charge in [0.25, 0.3) is 0 Å². The standard InChI is InChI=1S/3C18H36O4.Bi/c3*1-2-3-4-5-6-7-8-9-10-11-12-13-14-15-16-18(21,22)17(19)20;/h3*21-22H,2-16H2,1H3,(H,19,20);/q;;;+3/p-3. The minimum Gasteiger partial charge on any atom is -0.0654 e. The molecule has 0 saturated carbocycles. The zero-order valence-corrected chi connectivity index (χ0v) is 46.9. The first-order valence-electron chi connectivity index (χ1n) is 28.0. The molecule has 0 amide bonds. The molecule has 0 aromatic carbocycles. The Bertz CT molecular complexity index is 1010. The fourth-order valence-corrected chi connectivity index (χ4v) is 12.2. The SMILES string of the molecule is CCCCCCCCCCCCCCCCC(O)(O)C(=O)[O][Bi]([O]C(=O)C(O)(O)CCCCCCCCCCCCCCCC)[O]C(=O)C(O)(O)CCCCCCCCCCCCCCCC. The van der Waals surface area contributed by atoms with Crippen molar-refractivity contribution in [2.75, 3.05) is 0 Å². The van der Waals surface area contributed by atoms with Gasteiger partial charge >= 0.3 is 285 Å². The van der Waals surface area contributed by atoms with Gasteiger partial charge in [0, 0.05) is 0 Å². The number of hydrogen-bond donors (Lipinski definition) is 6. The predicted molar refractivity (Wildman–Crippen MR) is 270 cm³/mol. The molecule has 6 N–H and O–H groups in total. The summed E-state index contributed by atoms with van der Waals surface area (Å²) in [6.45, 7) is 6.67. The molecule has 0 aromatic heterocycles. The number of carbonyl (C=O) groups excluding carboxylic acids is 3. The first-order valence-corrected chi connectivity index (χ1v) is 32.3. The van der Waals surface area contributed by atoms with Crippen LogP contribution in [0.1, 0.15) is 310 Å². The molecule has 13 heteroatoms. The van der Waals surface area contributed by atoms with Crippen molar-refractivity contribution < 1.29 is 53.5 Å². The van der Waals surface area contributed by atoms with Gasteiger partial charge in [0.1, 0.15) is 0 Å². The average Bonchev–Trinajstić information content (AvgIpc) is 3.29. The number of hydrogen-bond acceptors (Lipinski definition) is 12. The van der Waals surface area contributed by atoms with E-state index in [4.69, 9.17) is 8.44 Å². The first-order chi connectivity index (χ1) is 32.2. The number of carbonyl (C=O) groups is 3. The zero-order valence-electron chi connectivity index (χ0n) is 43.4. The van der Waals surface area contributed by atoms with Gasteiger partial charge in [-0.3, -0.25) is 0 Å². The van der Waals surface area contributed by atoms with E-state index in [0.29, 0.717) is 19.3 Å². The van der Waals surface area contributed by atoms with Crippen LogP contribution in [0.4, 0.5) is 0 Å². The van der Waals surface area contributed by atoms with E-state index in [2.05, 4.69) is 20.8 Å². The Morgan fingerprint density at radius 3 is 0.552 bits per heavy atom. The fourth-order valence-electron chi connectivity index (χ4n) is 8.48. The van der Waals surface area contributed by atoms with Crippen LogP contribution in [0.5, 0.6) is 0 Å². The second-order valence-corrected chi connectivity index (χ2v) is 23.7. The number of unbranched alkanes of at least 4 members (excludes halogenated alkanes) is 39. The molecule has 0 atom stereocenters. The van der Waals surface area contributed by atoms with Crippen LogP contribution in [0.2, 0.25) is 0 Å². The Labute approximate surface area is 419 Å². The first kappa shape index (κ1) is 66.1. The molecule has 0 aliphatic heterocycles. The Balaban J connectivity index is 5.00. The molecule has 0 unspecified atom stereocenters. The molecule has 0 aliphatic rings. The summed E-state index contributed by atoms with van der Waals surface area (Å²) in [7, 11) is 0. The van der Waals surface area contributed by atoms with Crippen LogP contribution in [0.3, 0.4) is 0 Å². The molecule has 0 rings (SSSR count). The van der Waals surface area contributed by atoms with Crippen LogP contribution in [0.25, 0.3) is 0 Å². The van der Waals surface area contributed by atoms with E-state index in [0.717, 1.165) is 77.0 Å². The van der Waals surface area contributed by atoms with Crippen LogP contribution in [0, 0.1) is 0 Å². The second-order valence-electron chi connectivity index (χ2n) is 19.8. The minimum absolute atomic E-state index is 0.282. The second kappa shape index (κ2) is 45.0. The molecule has 0 aromatic rings. The van der Waals surface area contributed by atoms with E-state index in [-0.39, 0.29) is 19.3 Å². The Morgan fingerprint density at radius 2 is 0.403 bits per heavy atom. The van der Waals surface area contributed by atoms with Crippen LogP contribution in [-0.4, -0.2) is 89.0 Å². The molecular weight excluding hydrogens is 1050 g/mol. The van der Waals surface area contributed by atoms with E-state index >= 15 is 0 Å². The third kappa shape index (κ3) is 40.4. The summed E-state index contributed by atoms with van der Waals surface area (Å²) in [6.07, 6.45) is 44.5. The normalized spacial score (nSPS) is 12.3. The molecule has 0 bridgehead atoms. The zero-order chi connectivity index (χ0) is 49.8. The molecular formula is C54H105BiO12. The Kier molecular flexibility index (Phi) is 44.3. The summed E-state index contributed by atoms with van der Waals surface area (Å²) in [5.74, 6) is -13.9. The minimum atomic E-state index is -5.28. The molecule has 0 saturated heterocycles. The van der Waals surface area contributed by atoms with Gasteiger partial charge in [-0.2, -0.15) is 0 Å². The molecule has 398 valence electrons. The average molecular weight is 1160 g/mol. The fraction of sp³-hybridized carbons (Fsp3) is 0.944. The van der Waals surface area contributed by atoms with Crippen molar-refractivity contribution in [1.82, 2.24) is 0 Å². The van der Waals surface area contributed by atoms with Crippen molar-refractivity contribution in [3.05, 3.63) is 0 Å². The maximum atomic E-state index is 13.0. The van der Waals surface area contributed by atoms with Gasteiger partial charge in [-0.05, 0) is 0 Å². The van der Waals surface area contributed by atoms with Crippen LogP contribution in [-0.2, 0) is 22.8 Å². The van der Waals surface area contributed by atoms with Crippen molar-refractivity contribution >= 4 is 41.0 Å². The Morgan fingerprint density at radius 1 is 0.269 bits per heavy atom. The molecule has 0 radical (unpaired) electrons. The number of aliphatic hydroxyl groups is 6. The van der Waals surface area contributed by atoms with E-state index in [1.54, 1.807) is 0 Å². The third-order valence-corrected chi connectivity index (χ3v) is 16.8. The van der Waals surface area contributed by atoms with Crippen molar-refractivity contribution in [2.24, 2.45) is 0 Å². The van der Waals surface area contributed by atoms with Crippen molar-refractivity contribution in [3.8, 4) is 0 Å². The van der Waals surface area contributed by atoms with Crippen LogP contribution < -0.4 is 0 Å². The van der Waals surface area contributed by atoms with Gasteiger partial charge in [0.15, 0.2) is 0 Å². The van der Waals surface area contributed by atoms with Crippen molar-refractivity contribution in [3.63, 3.8) is 0 Å².